The molecule has 0 amide bonds. The molecule has 2 heteroatoms. The van der Waals surface area contributed by atoms with Gasteiger partial charge in [-0.15, -0.1) is 6.42 Å². The maximum absolute atomic E-state index is 5.69. The van der Waals surface area contributed by atoms with E-state index in [0.29, 0.717) is 11.6 Å². The predicted octanol–water partition coefficient (Wildman–Crippen LogP) is 2.01. The van der Waals surface area contributed by atoms with E-state index in [1.165, 1.54) is 32.1 Å². The van der Waals surface area contributed by atoms with Crippen LogP contribution in [0.25, 0.3) is 0 Å². The molecule has 1 unspecified atom stereocenters. The minimum Gasteiger partial charge on any atom is -0.314 e. The first-order chi connectivity index (χ1) is 7.82. The van der Waals surface area contributed by atoms with Crippen LogP contribution in [0.2, 0.25) is 0 Å². The van der Waals surface area contributed by atoms with Gasteiger partial charge in [-0.1, -0.05) is 32.1 Å². The molecule has 2 nitrogen and oxygen atoms in total. The molecular weight excluding hydrogens is 196 g/mol. The third-order valence-electron chi connectivity index (χ3n) is 4.33. The summed E-state index contributed by atoms with van der Waals surface area (Å²) in [5.74, 6) is 2.99. The fraction of sp³-hybridized carbons (Fsp3) is 0.857. The summed E-state index contributed by atoms with van der Waals surface area (Å²) in [6, 6.07) is 0.347. The van der Waals surface area contributed by atoms with E-state index in [-0.39, 0.29) is 0 Å². The number of rotatable bonds is 2. The van der Waals surface area contributed by atoms with E-state index in [2.05, 4.69) is 23.1 Å². The van der Waals surface area contributed by atoms with Crippen LogP contribution in [-0.2, 0) is 0 Å². The van der Waals surface area contributed by atoms with Crippen LogP contribution in [0, 0.1) is 12.3 Å². The van der Waals surface area contributed by atoms with E-state index in [0.717, 1.165) is 26.1 Å². The Balaban J connectivity index is 2.15. The zero-order valence-corrected chi connectivity index (χ0v) is 10.5. The number of piperazine rings is 1. The molecule has 1 atom stereocenters. The lowest BCUT2D eigenvalue weighted by Gasteiger charge is -2.52. The molecule has 0 bridgehead atoms. The van der Waals surface area contributed by atoms with E-state index in [9.17, 15) is 0 Å². The van der Waals surface area contributed by atoms with Crippen molar-refractivity contribution in [1.82, 2.24) is 10.2 Å². The molecule has 0 aromatic heterocycles. The van der Waals surface area contributed by atoms with Gasteiger partial charge in [-0.25, -0.2) is 0 Å². The van der Waals surface area contributed by atoms with Gasteiger partial charge in [-0.3, -0.25) is 4.90 Å². The maximum atomic E-state index is 5.69. The van der Waals surface area contributed by atoms with E-state index in [1.54, 1.807) is 0 Å². The lowest BCUT2D eigenvalue weighted by Crippen LogP contribution is -2.64. The summed E-state index contributed by atoms with van der Waals surface area (Å²) in [6.07, 6.45) is 13.6. The molecule has 2 rings (SSSR count). The zero-order valence-electron chi connectivity index (χ0n) is 10.5. The van der Waals surface area contributed by atoms with Gasteiger partial charge >= 0.3 is 0 Å². The van der Waals surface area contributed by atoms with E-state index in [1.807, 2.05) is 0 Å². The first kappa shape index (κ1) is 12.0. The monoisotopic (exact) mass is 220 g/mol. The molecule has 1 saturated heterocycles. The molecule has 0 aromatic rings. The molecule has 0 radical (unpaired) electrons. The van der Waals surface area contributed by atoms with Crippen molar-refractivity contribution in [2.24, 2.45) is 0 Å². The quantitative estimate of drug-likeness (QED) is 0.716. The van der Waals surface area contributed by atoms with Gasteiger partial charge in [0.2, 0.25) is 0 Å². The molecule has 1 N–H and O–H groups in total. The minimum atomic E-state index is 0.347. The number of hydrogen-bond acceptors (Lipinski definition) is 2. The van der Waals surface area contributed by atoms with Crippen molar-refractivity contribution in [2.45, 2.75) is 57.0 Å². The lowest BCUT2D eigenvalue weighted by atomic mass is 9.78. The number of terminal acetylenes is 1. The molecule has 90 valence electrons. The summed E-state index contributed by atoms with van der Waals surface area (Å²) in [6.45, 7) is 5.58. The largest absolute Gasteiger partial charge is 0.314 e. The van der Waals surface area contributed by atoms with Crippen molar-refractivity contribution in [1.29, 1.82) is 0 Å². The molecule has 0 aromatic carbocycles. The highest BCUT2D eigenvalue weighted by Gasteiger charge is 2.41. The summed E-state index contributed by atoms with van der Waals surface area (Å²) in [4.78, 5) is 2.63. The van der Waals surface area contributed by atoms with Crippen LogP contribution in [0.15, 0.2) is 0 Å². The van der Waals surface area contributed by atoms with Crippen molar-refractivity contribution in [3.63, 3.8) is 0 Å². The van der Waals surface area contributed by atoms with Gasteiger partial charge in [-0.2, -0.15) is 0 Å². The van der Waals surface area contributed by atoms with Crippen molar-refractivity contribution < 1.29 is 0 Å². The van der Waals surface area contributed by atoms with Crippen LogP contribution in [0.5, 0.6) is 0 Å². The average molecular weight is 220 g/mol. The summed E-state index contributed by atoms with van der Waals surface area (Å²) < 4.78 is 0. The van der Waals surface area contributed by atoms with E-state index >= 15 is 0 Å². The Kier molecular flexibility index (Phi) is 3.89. The Bertz CT molecular complexity index is 252. The standard InChI is InChI=1S/C14H24N2/c1-3-13(4-2)16-11-10-15-12-14(16)8-6-5-7-9-14/h1,13,15H,4-12H2,2H3. The fourth-order valence-corrected chi connectivity index (χ4v) is 3.45. The van der Waals surface area contributed by atoms with Gasteiger partial charge in [-0.05, 0) is 19.3 Å². The molecule has 1 spiro atoms. The van der Waals surface area contributed by atoms with Crippen LogP contribution in [0.4, 0.5) is 0 Å². The highest BCUT2D eigenvalue weighted by Crippen LogP contribution is 2.36. The maximum Gasteiger partial charge on any atom is 0.0714 e. The third-order valence-corrected chi connectivity index (χ3v) is 4.33. The average Bonchev–Trinajstić information content (AvgIpc) is 2.34. The number of hydrogen-bond donors (Lipinski definition) is 1. The zero-order chi connectivity index (χ0) is 11.4. The topological polar surface area (TPSA) is 15.3 Å². The molecule has 2 aliphatic rings. The Labute approximate surface area is 99.8 Å². The van der Waals surface area contributed by atoms with E-state index in [4.69, 9.17) is 6.42 Å². The fourth-order valence-electron chi connectivity index (χ4n) is 3.45. The Hall–Kier alpha value is -0.520. The van der Waals surface area contributed by atoms with Crippen molar-refractivity contribution in [3.8, 4) is 12.3 Å². The van der Waals surface area contributed by atoms with Crippen molar-refractivity contribution in [2.75, 3.05) is 19.6 Å². The van der Waals surface area contributed by atoms with Gasteiger partial charge in [0.1, 0.15) is 0 Å². The Morgan fingerprint density at radius 3 is 2.75 bits per heavy atom. The summed E-state index contributed by atoms with van der Waals surface area (Å²) in [5, 5.41) is 3.57. The van der Waals surface area contributed by atoms with Crippen molar-refractivity contribution in [3.05, 3.63) is 0 Å². The van der Waals surface area contributed by atoms with Gasteiger partial charge in [0.15, 0.2) is 0 Å². The molecule has 2 fully saturated rings. The van der Waals surface area contributed by atoms with Crippen LogP contribution in [0.3, 0.4) is 0 Å². The van der Waals surface area contributed by atoms with E-state index < -0.39 is 0 Å². The number of nitrogens with one attached hydrogen (secondary N) is 1. The molecule has 1 aliphatic carbocycles. The lowest BCUT2D eigenvalue weighted by molar-refractivity contribution is 0.00843. The highest BCUT2D eigenvalue weighted by atomic mass is 15.3. The number of nitrogens with zero attached hydrogens (tertiary/aromatic N) is 1. The second kappa shape index (κ2) is 5.21. The third kappa shape index (κ3) is 2.12. The highest BCUT2D eigenvalue weighted by molar-refractivity contribution is 5.08. The van der Waals surface area contributed by atoms with Gasteiger partial charge < -0.3 is 5.32 Å². The first-order valence-corrected chi connectivity index (χ1v) is 6.76. The molecule has 1 heterocycles. The Morgan fingerprint density at radius 1 is 1.38 bits per heavy atom. The molecular formula is C14H24N2. The van der Waals surface area contributed by atoms with Crippen LogP contribution in [-0.4, -0.2) is 36.1 Å². The second-order valence-corrected chi connectivity index (χ2v) is 5.25. The summed E-state index contributed by atoms with van der Waals surface area (Å²) in [5.41, 5.74) is 0.379. The van der Waals surface area contributed by atoms with Crippen LogP contribution in [0.1, 0.15) is 45.4 Å². The smallest absolute Gasteiger partial charge is 0.0714 e. The normalized spacial score (nSPS) is 27.5. The SMILES string of the molecule is C#CC(CC)N1CCNCC12CCCCC2. The molecule has 1 aliphatic heterocycles. The molecule has 1 saturated carbocycles. The Morgan fingerprint density at radius 2 is 2.12 bits per heavy atom. The summed E-state index contributed by atoms with van der Waals surface area (Å²) in [7, 11) is 0. The second-order valence-electron chi connectivity index (χ2n) is 5.25. The minimum absolute atomic E-state index is 0.347. The van der Waals surface area contributed by atoms with Crippen LogP contribution < -0.4 is 5.32 Å². The van der Waals surface area contributed by atoms with Gasteiger partial charge in [0, 0.05) is 25.2 Å². The summed E-state index contributed by atoms with van der Waals surface area (Å²) >= 11 is 0. The van der Waals surface area contributed by atoms with Crippen molar-refractivity contribution >= 4 is 0 Å². The predicted molar refractivity (Wildman–Crippen MR) is 68.3 cm³/mol. The molecule has 16 heavy (non-hydrogen) atoms. The van der Waals surface area contributed by atoms with Crippen LogP contribution >= 0.6 is 0 Å². The first-order valence-electron chi connectivity index (χ1n) is 6.76. The van der Waals surface area contributed by atoms with Gasteiger partial charge in [0.25, 0.3) is 0 Å². The van der Waals surface area contributed by atoms with Gasteiger partial charge in [0.05, 0.1) is 6.04 Å².